The summed E-state index contributed by atoms with van der Waals surface area (Å²) in [5.41, 5.74) is 1.43. The molecule has 174 valence electrons. The molecule has 0 fully saturated rings. The molecule has 0 aliphatic rings. The first kappa shape index (κ1) is 25.4. The molecule has 2 aromatic rings. The van der Waals surface area contributed by atoms with Crippen LogP contribution in [0.25, 0.3) is 6.08 Å². The molecule has 0 amide bonds. The van der Waals surface area contributed by atoms with Gasteiger partial charge in [-0.05, 0) is 17.7 Å². The molecule has 1 aromatic heterocycles. The first-order valence-corrected chi connectivity index (χ1v) is 11.4. The molecule has 0 bridgehead atoms. The van der Waals surface area contributed by atoms with Crippen molar-refractivity contribution in [3.63, 3.8) is 0 Å². The molecular weight excluding hydrogens is 444 g/mol. The van der Waals surface area contributed by atoms with Crippen LogP contribution in [-0.4, -0.2) is 54.9 Å². The Bertz CT molecular complexity index is 1150. The molecule has 0 radical (unpaired) electrons. The smallest absolute Gasteiger partial charge is 0.237 e. The number of pyridine rings is 1. The zero-order chi connectivity index (χ0) is 24.4. The van der Waals surface area contributed by atoms with Crippen LogP contribution in [0.2, 0.25) is 0 Å². The fourth-order valence-corrected chi connectivity index (χ4v) is 4.10. The topological polar surface area (TPSA) is 87.2 Å². The molecule has 0 aliphatic carbocycles. The number of rotatable bonds is 11. The van der Waals surface area contributed by atoms with Crippen molar-refractivity contribution in [2.45, 2.75) is 5.75 Å². The minimum Gasteiger partial charge on any atom is -0.496 e. The third-order valence-corrected chi connectivity index (χ3v) is 5.84. The predicted octanol–water partition coefficient (Wildman–Crippen LogP) is 2.77. The summed E-state index contributed by atoms with van der Waals surface area (Å²) in [7, 11) is 2.24. The molecule has 0 unspecified atom stereocenters. The average Bonchev–Trinajstić information content (AvgIpc) is 2.81. The van der Waals surface area contributed by atoms with Crippen molar-refractivity contribution in [2.75, 3.05) is 46.4 Å². The molecule has 33 heavy (non-hydrogen) atoms. The second-order valence-corrected chi connectivity index (χ2v) is 8.58. The van der Waals surface area contributed by atoms with Crippen molar-refractivity contribution in [2.24, 2.45) is 0 Å². The Morgan fingerprint density at radius 3 is 2.06 bits per heavy atom. The minimum absolute atomic E-state index is 0.218. The number of sulfone groups is 1. The summed E-state index contributed by atoms with van der Waals surface area (Å²) in [6, 6.07) is 4.93. The molecule has 0 saturated carbocycles. The summed E-state index contributed by atoms with van der Waals surface area (Å²) in [4.78, 5) is 5.91. The lowest BCUT2D eigenvalue weighted by Gasteiger charge is -2.22. The maximum absolute atomic E-state index is 12.9. The molecule has 1 aromatic carbocycles. The largest absolute Gasteiger partial charge is 0.496 e. The first-order chi connectivity index (χ1) is 15.8. The van der Waals surface area contributed by atoms with Gasteiger partial charge < -0.3 is 23.8 Å². The monoisotopic (exact) mass is 470 g/mol. The fraction of sp³-hybridized carbons (Fsp3) is 0.292. The Balaban J connectivity index is 2.39. The Morgan fingerprint density at radius 1 is 0.970 bits per heavy atom. The van der Waals surface area contributed by atoms with Gasteiger partial charge in [-0.15, -0.1) is 12.8 Å². The molecule has 0 N–H and O–H groups in total. The van der Waals surface area contributed by atoms with E-state index in [1.54, 1.807) is 23.1 Å². The Morgan fingerprint density at radius 2 is 1.58 bits per heavy atom. The van der Waals surface area contributed by atoms with Crippen molar-refractivity contribution in [3.8, 4) is 47.8 Å². The molecule has 0 saturated heterocycles. The highest BCUT2D eigenvalue weighted by Gasteiger charge is 2.17. The highest BCUT2D eigenvalue weighted by atomic mass is 32.2. The van der Waals surface area contributed by atoms with E-state index in [2.05, 4.69) is 16.8 Å². The average molecular weight is 471 g/mol. The quantitative estimate of drug-likeness (QED) is 0.464. The molecule has 2 rings (SSSR count). The molecular formula is C24H26N2O6S. The number of hydrogen-bond acceptors (Lipinski definition) is 8. The van der Waals surface area contributed by atoms with Gasteiger partial charge in [0.15, 0.2) is 9.84 Å². The van der Waals surface area contributed by atoms with Gasteiger partial charge in [0.25, 0.3) is 0 Å². The van der Waals surface area contributed by atoms with Crippen LogP contribution >= 0.6 is 0 Å². The Kier molecular flexibility index (Phi) is 9.02. The zero-order valence-electron chi connectivity index (χ0n) is 19.0. The van der Waals surface area contributed by atoms with Crippen LogP contribution < -0.4 is 23.8 Å². The first-order valence-electron chi connectivity index (χ1n) is 9.68. The lowest BCUT2D eigenvalue weighted by atomic mass is 10.1. The number of aromatic nitrogens is 1. The minimum atomic E-state index is -3.69. The van der Waals surface area contributed by atoms with Crippen molar-refractivity contribution in [1.82, 2.24) is 4.98 Å². The number of hydrogen-bond donors (Lipinski definition) is 0. The van der Waals surface area contributed by atoms with Crippen molar-refractivity contribution in [1.29, 1.82) is 0 Å². The second-order valence-electron chi connectivity index (χ2n) is 6.69. The van der Waals surface area contributed by atoms with Crippen molar-refractivity contribution < 1.29 is 27.4 Å². The normalized spacial score (nSPS) is 10.8. The van der Waals surface area contributed by atoms with Crippen LogP contribution in [-0.2, 0) is 15.6 Å². The van der Waals surface area contributed by atoms with E-state index in [0.29, 0.717) is 39.9 Å². The molecule has 0 atom stereocenters. The van der Waals surface area contributed by atoms with E-state index in [1.807, 2.05) is 0 Å². The fourth-order valence-electron chi connectivity index (χ4n) is 3.04. The summed E-state index contributed by atoms with van der Waals surface area (Å²) in [5, 5.41) is 1.10. The standard InChI is InChI=1S/C24H26N2O6S/c1-7-10-26(11-8-2)21-13-18(16-25-24(21)32-6)17-33(27,28)12-9-20-22(30-4)14-19(29-3)15-23(20)31-5/h1-2,9,12-16H,10-11,17H2,3-6H3/b12-9+. The summed E-state index contributed by atoms with van der Waals surface area (Å²) in [5.74, 6) is 6.38. The maximum atomic E-state index is 12.9. The van der Waals surface area contributed by atoms with E-state index in [1.165, 1.54) is 40.7 Å². The summed E-state index contributed by atoms with van der Waals surface area (Å²) in [6.45, 7) is 0.435. The van der Waals surface area contributed by atoms with Gasteiger partial charge in [0.2, 0.25) is 5.88 Å². The van der Waals surface area contributed by atoms with Gasteiger partial charge in [-0.3, -0.25) is 0 Å². The van der Waals surface area contributed by atoms with Gasteiger partial charge >= 0.3 is 0 Å². The molecule has 0 aliphatic heterocycles. The van der Waals surface area contributed by atoms with E-state index >= 15 is 0 Å². The third kappa shape index (κ3) is 6.58. The van der Waals surface area contributed by atoms with Gasteiger partial charge in [-0.1, -0.05) is 11.8 Å². The van der Waals surface area contributed by atoms with Gasteiger partial charge in [0.1, 0.15) is 22.9 Å². The number of anilines is 1. The van der Waals surface area contributed by atoms with Gasteiger partial charge in [-0.25, -0.2) is 13.4 Å². The van der Waals surface area contributed by atoms with Crippen LogP contribution in [0.3, 0.4) is 0 Å². The van der Waals surface area contributed by atoms with Crippen LogP contribution in [0.15, 0.2) is 29.8 Å². The molecule has 8 nitrogen and oxygen atoms in total. The van der Waals surface area contributed by atoms with E-state index in [-0.39, 0.29) is 18.8 Å². The van der Waals surface area contributed by atoms with Gasteiger partial charge in [0, 0.05) is 23.7 Å². The molecule has 1 heterocycles. The van der Waals surface area contributed by atoms with Crippen LogP contribution in [0.1, 0.15) is 11.1 Å². The van der Waals surface area contributed by atoms with E-state index in [0.717, 1.165) is 5.41 Å². The number of terminal acetylenes is 2. The second kappa shape index (κ2) is 11.7. The lowest BCUT2D eigenvalue weighted by molar-refractivity contribution is 0.374. The van der Waals surface area contributed by atoms with Gasteiger partial charge in [-0.2, -0.15) is 0 Å². The third-order valence-electron chi connectivity index (χ3n) is 4.55. The zero-order valence-corrected chi connectivity index (χ0v) is 19.8. The number of ether oxygens (including phenoxy) is 4. The SMILES string of the molecule is C#CCN(CC#C)c1cc(CS(=O)(=O)/C=C/c2c(OC)cc(OC)cc2OC)cnc1OC. The summed E-state index contributed by atoms with van der Waals surface area (Å²) >= 11 is 0. The lowest BCUT2D eigenvalue weighted by Crippen LogP contribution is -2.25. The van der Waals surface area contributed by atoms with E-state index in [4.69, 9.17) is 31.8 Å². The Hall–Kier alpha value is -3.82. The summed E-state index contributed by atoms with van der Waals surface area (Å²) in [6.07, 6.45) is 13.7. The molecule has 9 heteroatoms. The van der Waals surface area contributed by atoms with Crippen LogP contribution in [0.4, 0.5) is 5.69 Å². The number of benzene rings is 1. The summed E-state index contributed by atoms with van der Waals surface area (Å²) < 4.78 is 46.9. The highest BCUT2D eigenvalue weighted by molar-refractivity contribution is 7.93. The van der Waals surface area contributed by atoms with Crippen LogP contribution in [0, 0.1) is 24.7 Å². The van der Waals surface area contributed by atoms with Crippen LogP contribution in [0.5, 0.6) is 23.1 Å². The maximum Gasteiger partial charge on any atom is 0.237 e. The Labute approximate surface area is 195 Å². The van der Waals surface area contributed by atoms with Crippen molar-refractivity contribution >= 4 is 21.6 Å². The van der Waals surface area contributed by atoms with E-state index in [9.17, 15) is 8.42 Å². The van der Waals surface area contributed by atoms with Crippen molar-refractivity contribution in [3.05, 3.63) is 40.9 Å². The predicted molar refractivity (Wildman–Crippen MR) is 128 cm³/mol. The highest BCUT2D eigenvalue weighted by Crippen LogP contribution is 2.35. The molecule has 0 spiro atoms. The van der Waals surface area contributed by atoms with E-state index < -0.39 is 9.84 Å². The number of methoxy groups -OCH3 is 4. The number of nitrogens with zero attached hydrogens (tertiary/aromatic N) is 2. The van der Waals surface area contributed by atoms with Gasteiger partial charge in [0.05, 0.1) is 52.8 Å².